The van der Waals surface area contributed by atoms with Crippen LogP contribution >= 0.6 is 0 Å². The summed E-state index contributed by atoms with van der Waals surface area (Å²) < 4.78 is 33.8. The lowest BCUT2D eigenvalue weighted by Crippen LogP contribution is -2.44. The molecule has 0 radical (unpaired) electrons. The van der Waals surface area contributed by atoms with Gasteiger partial charge in [-0.3, -0.25) is 9.59 Å². The van der Waals surface area contributed by atoms with E-state index in [0.29, 0.717) is 42.1 Å². The number of amides is 2. The van der Waals surface area contributed by atoms with Gasteiger partial charge in [-0.05, 0) is 55.0 Å². The van der Waals surface area contributed by atoms with Gasteiger partial charge in [0.15, 0.2) is 9.84 Å². The molecule has 1 fully saturated rings. The third-order valence-corrected chi connectivity index (χ3v) is 6.02. The fourth-order valence-corrected chi connectivity index (χ4v) is 3.89. The molecule has 8 nitrogen and oxygen atoms in total. The Labute approximate surface area is 181 Å². The molecule has 0 aromatic heterocycles. The maximum atomic E-state index is 12.9. The Kier molecular flexibility index (Phi) is 6.65. The summed E-state index contributed by atoms with van der Waals surface area (Å²) in [6.45, 7) is 0.806. The van der Waals surface area contributed by atoms with Gasteiger partial charge in [-0.2, -0.15) is 0 Å². The highest BCUT2D eigenvalue weighted by Crippen LogP contribution is 2.25. The zero-order valence-electron chi connectivity index (χ0n) is 17.6. The van der Waals surface area contributed by atoms with Gasteiger partial charge in [0, 0.05) is 36.5 Å². The van der Waals surface area contributed by atoms with Gasteiger partial charge < -0.3 is 9.47 Å². The van der Waals surface area contributed by atoms with E-state index in [-0.39, 0.29) is 16.7 Å². The molecule has 1 heterocycles. The number of hydrogen-bond donors (Lipinski definition) is 0. The van der Waals surface area contributed by atoms with Crippen molar-refractivity contribution >= 4 is 27.7 Å². The Morgan fingerprint density at radius 3 is 2.26 bits per heavy atom. The van der Waals surface area contributed by atoms with Crippen molar-refractivity contribution < 1.29 is 27.5 Å². The second-order valence-electron chi connectivity index (χ2n) is 6.98. The Morgan fingerprint density at radius 2 is 1.65 bits per heavy atom. The van der Waals surface area contributed by atoms with E-state index >= 15 is 0 Å². The minimum atomic E-state index is -3.35. The van der Waals surface area contributed by atoms with Crippen molar-refractivity contribution in [1.82, 2.24) is 10.0 Å². The van der Waals surface area contributed by atoms with E-state index in [1.54, 1.807) is 31.4 Å². The summed E-state index contributed by atoms with van der Waals surface area (Å²) in [5, 5.41) is 2.76. The number of carbonyl (C=O) groups excluding carboxylic acids is 2. The van der Waals surface area contributed by atoms with E-state index in [1.807, 2.05) is 0 Å². The summed E-state index contributed by atoms with van der Waals surface area (Å²) >= 11 is 0. The Hall–Kier alpha value is -3.33. The predicted octanol–water partition coefficient (Wildman–Crippen LogP) is 2.41. The lowest BCUT2D eigenvalue weighted by molar-refractivity contribution is -0.134. The molecule has 2 aromatic rings. The fraction of sp³-hybridized carbons (Fsp3) is 0.273. The zero-order valence-corrected chi connectivity index (χ0v) is 18.4. The third kappa shape index (κ3) is 5.05. The molecule has 3 rings (SSSR count). The molecule has 0 spiro atoms. The lowest BCUT2D eigenvalue weighted by Gasteiger charge is -2.27. The molecule has 0 aliphatic carbocycles. The minimum Gasteiger partial charge on any atom is -0.497 e. The van der Waals surface area contributed by atoms with E-state index in [4.69, 9.17) is 9.47 Å². The average Bonchev–Trinajstić information content (AvgIpc) is 3.26. The van der Waals surface area contributed by atoms with E-state index < -0.39 is 9.84 Å². The van der Waals surface area contributed by atoms with E-state index in [1.165, 1.54) is 47.5 Å². The number of nitrogens with zero attached hydrogens (tertiary/aromatic N) is 2. The molecule has 0 N–H and O–H groups in total. The predicted molar refractivity (Wildman–Crippen MR) is 115 cm³/mol. The van der Waals surface area contributed by atoms with Gasteiger partial charge in [0.25, 0.3) is 11.8 Å². The largest absolute Gasteiger partial charge is 0.497 e. The molecule has 0 atom stereocenters. The van der Waals surface area contributed by atoms with E-state index in [0.717, 1.165) is 6.26 Å². The van der Waals surface area contributed by atoms with Gasteiger partial charge in [0.1, 0.15) is 11.5 Å². The first-order valence-electron chi connectivity index (χ1n) is 9.58. The molecule has 1 aliphatic rings. The van der Waals surface area contributed by atoms with Crippen LogP contribution in [0.1, 0.15) is 22.3 Å². The number of sulfone groups is 1. The smallest absolute Gasteiger partial charge is 0.272 e. The highest BCUT2D eigenvalue weighted by atomic mass is 32.2. The van der Waals surface area contributed by atoms with Crippen molar-refractivity contribution in [3.05, 3.63) is 59.7 Å². The molecule has 0 bridgehead atoms. The van der Waals surface area contributed by atoms with Crippen LogP contribution in [0, 0.1) is 0 Å². The quantitative estimate of drug-likeness (QED) is 0.636. The number of benzene rings is 2. The second kappa shape index (κ2) is 9.22. The summed E-state index contributed by atoms with van der Waals surface area (Å²) in [5.74, 6) is 0.510. The summed E-state index contributed by atoms with van der Waals surface area (Å²) in [7, 11) is -0.260. The van der Waals surface area contributed by atoms with Crippen molar-refractivity contribution in [3.8, 4) is 11.5 Å². The first-order chi connectivity index (χ1) is 14.7. The van der Waals surface area contributed by atoms with Crippen LogP contribution in [-0.4, -0.2) is 63.8 Å². The molecular formula is C22H24N2O6S. The first-order valence-corrected chi connectivity index (χ1v) is 11.5. The van der Waals surface area contributed by atoms with E-state index in [9.17, 15) is 18.0 Å². The molecule has 2 aromatic carbocycles. The summed E-state index contributed by atoms with van der Waals surface area (Å²) in [6, 6.07) is 10.9. The van der Waals surface area contributed by atoms with Crippen molar-refractivity contribution in [2.45, 2.75) is 11.3 Å². The standard InChI is InChI=1S/C22H24N2O6S/c1-29-18-8-11-20(30-2)17(15-18)7-12-21(25)23-13-4-14-24(23)22(26)16-5-9-19(10-6-16)31(3,27)28/h5-12,15H,4,13-14H2,1-3H3/b12-7+. The topological polar surface area (TPSA) is 93.2 Å². The zero-order chi connectivity index (χ0) is 22.6. The van der Waals surface area contributed by atoms with Crippen LogP contribution < -0.4 is 9.47 Å². The van der Waals surface area contributed by atoms with Gasteiger partial charge in [-0.1, -0.05) is 0 Å². The molecule has 1 aliphatic heterocycles. The summed E-state index contributed by atoms with van der Waals surface area (Å²) in [4.78, 5) is 25.8. The van der Waals surface area contributed by atoms with Gasteiger partial charge in [0.05, 0.1) is 19.1 Å². The maximum absolute atomic E-state index is 12.9. The van der Waals surface area contributed by atoms with Gasteiger partial charge in [0.2, 0.25) is 0 Å². The van der Waals surface area contributed by atoms with Crippen LogP contribution in [0.25, 0.3) is 6.08 Å². The lowest BCUT2D eigenvalue weighted by atomic mass is 10.1. The molecule has 164 valence electrons. The highest BCUT2D eigenvalue weighted by molar-refractivity contribution is 7.90. The van der Waals surface area contributed by atoms with Crippen LogP contribution in [0.15, 0.2) is 53.4 Å². The van der Waals surface area contributed by atoms with Crippen LogP contribution in [0.3, 0.4) is 0 Å². The Bertz CT molecular complexity index is 1110. The number of rotatable bonds is 6. The van der Waals surface area contributed by atoms with Gasteiger partial charge in [-0.25, -0.2) is 18.4 Å². The molecule has 2 amide bonds. The summed E-state index contributed by atoms with van der Waals surface area (Å²) in [6.07, 6.45) is 4.75. The monoisotopic (exact) mass is 444 g/mol. The average molecular weight is 445 g/mol. The number of ether oxygens (including phenoxy) is 2. The third-order valence-electron chi connectivity index (χ3n) is 4.89. The van der Waals surface area contributed by atoms with Crippen LogP contribution in [0.4, 0.5) is 0 Å². The van der Waals surface area contributed by atoms with Crippen molar-refractivity contribution in [2.75, 3.05) is 33.6 Å². The van der Waals surface area contributed by atoms with Crippen molar-refractivity contribution in [1.29, 1.82) is 0 Å². The molecule has 0 saturated carbocycles. The van der Waals surface area contributed by atoms with E-state index in [2.05, 4.69) is 0 Å². The SMILES string of the molecule is COc1ccc(OC)c(/C=C/C(=O)N2CCCN2C(=O)c2ccc(S(C)(=O)=O)cc2)c1. The van der Waals surface area contributed by atoms with Crippen molar-refractivity contribution in [3.63, 3.8) is 0 Å². The highest BCUT2D eigenvalue weighted by Gasteiger charge is 2.30. The number of hydrogen-bond acceptors (Lipinski definition) is 6. The molecule has 31 heavy (non-hydrogen) atoms. The normalized spacial score (nSPS) is 14.2. The minimum absolute atomic E-state index is 0.133. The first kappa shape index (κ1) is 22.4. The van der Waals surface area contributed by atoms with Gasteiger partial charge >= 0.3 is 0 Å². The molecule has 9 heteroatoms. The Morgan fingerprint density at radius 1 is 0.968 bits per heavy atom. The second-order valence-corrected chi connectivity index (χ2v) is 9.00. The Balaban J connectivity index is 1.77. The maximum Gasteiger partial charge on any atom is 0.272 e. The number of hydrazine groups is 1. The van der Waals surface area contributed by atoms with Crippen LogP contribution in [0.5, 0.6) is 11.5 Å². The molecule has 0 unspecified atom stereocenters. The summed E-state index contributed by atoms with van der Waals surface area (Å²) in [5.41, 5.74) is 0.981. The van der Waals surface area contributed by atoms with Gasteiger partial charge in [-0.15, -0.1) is 0 Å². The molecular weight excluding hydrogens is 420 g/mol. The fourth-order valence-electron chi connectivity index (χ4n) is 3.26. The van der Waals surface area contributed by atoms with Crippen molar-refractivity contribution in [2.24, 2.45) is 0 Å². The number of carbonyl (C=O) groups is 2. The van der Waals surface area contributed by atoms with Crippen LogP contribution in [-0.2, 0) is 14.6 Å². The molecule has 1 saturated heterocycles. The number of methoxy groups -OCH3 is 2. The van der Waals surface area contributed by atoms with Crippen LogP contribution in [0.2, 0.25) is 0 Å².